The third kappa shape index (κ3) is 5.36. The zero-order valence-corrected chi connectivity index (χ0v) is 14.3. The summed E-state index contributed by atoms with van der Waals surface area (Å²) in [5.41, 5.74) is -0.235. The first kappa shape index (κ1) is 19.6. The summed E-state index contributed by atoms with van der Waals surface area (Å²) in [7, 11) is 0. The number of amides is 2. The fraction of sp³-hybridized carbons (Fsp3) is 0.167. The molecule has 2 amide bonds. The van der Waals surface area contributed by atoms with Crippen LogP contribution in [0.4, 0.5) is 5.69 Å². The molecule has 140 valence electrons. The van der Waals surface area contributed by atoms with Gasteiger partial charge in [-0.3, -0.25) is 25.0 Å². The van der Waals surface area contributed by atoms with Crippen molar-refractivity contribution in [3.05, 3.63) is 69.8 Å². The van der Waals surface area contributed by atoms with Crippen LogP contribution in [0.1, 0.15) is 27.6 Å². The quantitative estimate of drug-likeness (QED) is 0.448. The summed E-state index contributed by atoms with van der Waals surface area (Å²) in [5.74, 6) is -2.38. The van der Waals surface area contributed by atoms with Gasteiger partial charge in [-0.2, -0.15) is 0 Å². The van der Waals surface area contributed by atoms with Crippen molar-refractivity contribution in [2.45, 2.75) is 6.92 Å². The van der Waals surface area contributed by atoms with Crippen LogP contribution in [0.2, 0.25) is 0 Å². The van der Waals surface area contributed by atoms with Crippen molar-refractivity contribution in [3.8, 4) is 5.75 Å². The van der Waals surface area contributed by atoms with E-state index in [4.69, 9.17) is 9.47 Å². The zero-order chi connectivity index (χ0) is 19.8. The van der Waals surface area contributed by atoms with Gasteiger partial charge in [-0.25, -0.2) is 4.79 Å². The smallest absolute Gasteiger partial charge is 0.338 e. The Bertz CT molecular complexity index is 865. The van der Waals surface area contributed by atoms with E-state index in [0.717, 1.165) is 6.07 Å². The average molecular weight is 372 g/mol. The largest absolute Gasteiger partial charge is 0.487 e. The van der Waals surface area contributed by atoms with Crippen LogP contribution >= 0.6 is 0 Å². The molecule has 0 saturated carbocycles. The summed E-state index contributed by atoms with van der Waals surface area (Å²) in [6.45, 7) is 1.18. The molecule has 0 heterocycles. The highest BCUT2D eigenvalue weighted by Gasteiger charge is 2.20. The molecule has 0 radical (unpaired) electrons. The van der Waals surface area contributed by atoms with Crippen molar-refractivity contribution in [3.63, 3.8) is 0 Å². The van der Waals surface area contributed by atoms with Gasteiger partial charge in [-0.1, -0.05) is 18.2 Å². The molecule has 0 unspecified atom stereocenters. The molecule has 0 spiro atoms. The molecule has 2 aromatic rings. The summed E-state index contributed by atoms with van der Waals surface area (Å²) in [6.07, 6.45) is 0. The van der Waals surface area contributed by atoms with Gasteiger partial charge in [-0.15, -0.1) is 0 Å². The number of esters is 1. The van der Waals surface area contributed by atoms with E-state index in [-0.39, 0.29) is 23.5 Å². The van der Waals surface area contributed by atoms with Gasteiger partial charge in [0.05, 0.1) is 17.1 Å². The number of nitro benzene ring substituents is 1. The van der Waals surface area contributed by atoms with E-state index < -0.39 is 35.0 Å². The molecule has 0 aliphatic heterocycles. The number of imide groups is 1. The topological polar surface area (TPSA) is 125 Å². The molecular weight excluding hydrogens is 356 g/mol. The number of nitrogens with zero attached hydrogens (tertiary/aromatic N) is 1. The Morgan fingerprint density at radius 1 is 1.07 bits per heavy atom. The first-order valence-corrected chi connectivity index (χ1v) is 7.90. The van der Waals surface area contributed by atoms with Gasteiger partial charge >= 0.3 is 11.7 Å². The zero-order valence-electron chi connectivity index (χ0n) is 14.3. The van der Waals surface area contributed by atoms with E-state index in [1.807, 2.05) is 0 Å². The molecule has 0 saturated heterocycles. The minimum absolute atomic E-state index is 0.0188. The first-order chi connectivity index (χ1) is 12.9. The molecule has 0 atom stereocenters. The molecule has 9 nitrogen and oxygen atoms in total. The molecule has 1 N–H and O–H groups in total. The summed E-state index contributed by atoms with van der Waals surface area (Å²) in [5, 5.41) is 13.1. The molecule has 2 rings (SSSR count). The molecule has 0 aliphatic carbocycles. The van der Waals surface area contributed by atoms with E-state index in [0.29, 0.717) is 0 Å². The van der Waals surface area contributed by atoms with Crippen molar-refractivity contribution in [2.24, 2.45) is 0 Å². The second kappa shape index (κ2) is 9.09. The Morgan fingerprint density at radius 2 is 1.78 bits per heavy atom. The Hall–Kier alpha value is -3.75. The van der Waals surface area contributed by atoms with Gasteiger partial charge in [0.1, 0.15) is 0 Å². The highest BCUT2D eigenvalue weighted by atomic mass is 16.6. The highest BCUT2D eigenvalue weighted by Crippen LogP contribution is 2.28. The van der Waals surface area contributed by atoms with Crippen LogP contribution < -0.4 is 10.1 Å². The molecule has 27 heavy (non-hydrogen) atoms. The molecule has 0 aromatic heterocycles. The predicted molar refractivity (Wildman–Crippen MR) is 93.5 cm³/mol. The van der Waals surface area contributed by atoms with Crippen molar-refractivity contribution >= 4 is 23.5 Å². The van der Waals surface area contributed by atoms with Crippen LogP contribution in [0.25, 0.3) is 0 Å². The van der Waals surface area contributed by atoms with Gasteiger partial charge in [-0.05, 0) is 31.2 Å². The molecule has 0 aliphatic rings. The maximum atomic E-state index is 12.0. The first-order valence-electron chi connectivity index (χ1n) is 7.90. The van der Waals surface area contributed by atoms with Crippen LogP contribution in [0.15, 0.2) is 48.5 Å². The second-order valence-electron chi connectivity index (χ2n) is 5.19. The van der Waals surface area contributed by atoms with Gasteiger partial charge in [0, 0.05) is 11.6 Å². The third-order valence-corrected chi connectivity index (χ3v) is 3.31. The maximum absolute atomic E-state index is 12.0. The number of nitrogens with one attached hydrogen (secondary N) is 1. The van der Waals surface area contributed by atoms with Crippen molar-refractivity contribution in [1.29, 1.82) is 0 Å². The number of hydrogen-bond acceptors (Lipinski definition) is 7. The SMILES string of the molecule is CCOc1ccc(C(=O)OCC(=O)NC(=O)c2ccccc2)cc1[N+](=O)[O-]. The molecule has 0 fully saturated rings. The van der Waals surface area contributed by atoms with E-state index in [9.17, 15) is 24.5 Å². The lowest BCUT2D eigenvalue weighted by molar-refractivity contribution is -0.385. The Morgan fingerprint density at radius 3 is 2.41 bits per heavy atom. The maximum Gasteiger partial charge on any atom is 0.338 e. The standard InChI is InChI=1S/C18H16N2O7/c1-2-26-15-9-8-13(10-14(15)20(24)25)18(23)27-11-16(21)19-17(22)12-6-4-3-5-7-12/h3-10H,2,11H2,1H3,(H,19,21,22). The Labute approximate surface area is 154 Å². The fourth-order valence-corrected chi connectivity index (χ4v) is 2.10. The summed E-state index contributed by atoms with van der Waals surface area (Å²) in [6, 6.07) is 11.6. The van der Waals surface area contributed by atoms with E-state index in [1.54, 1.807) is 25.1 Å². The summed E-state index contributed by atoms with van der Waals surface area (Å²) in [4.78, 5) is 45.9. The number of benzene rings is 2. The average Bonchev–Trinajstić information content (AvgIpc) is 2.67. The van der Waals surface area contributed by atoms with Crippen molar-refractivity contribution in [1.82, 2.24) is 5.32 Å². The van der Waals surface area contributed by atoms with Crippen LogP contribution in [-0.4, -0.2) is 35.9 Å². The summed E-state index contributed by atoms with van der Waals surface area (Å²) >= 11 is 0. The van der Waals surface area contributed by atoms with Gasteiger partial charge in [0.25, 0.3) is 11.8 Å². The van der Waals surface area contributed by atoms with E-state index >= 15 is 0 Å². The van der Waals surface area contributed by atoms with Gasteiger partial charge < -0.3 is 9.47 Å². The number of carbonyl (C=O) groups excluding carboxylic acids is 3. The molecule has 2 aromatic carbocycles. The monoisotopic (exact) mass is 372 g/mol. The van der Waals surface area contributed by atoms with Gasteiger partial charge in [0.2, 0.25) is 0 Å². The van der Waals surface area contributed by atoms with Crippen LogP contribution in [0.3, 0.4) is 0 Å². The second-order valence-corrected chi connectivity index (χ2v) is 5.19. The number of carbonyl (C=O) groups is 3. The summed E-state index contributed by atoms with van der Waals surface area (Å²) < 4.78 is 9.92. The van der Waals surface area contributed by atoms with E-state index in [1.165, 1.54) is 24.3 Å². The molecule has 9 heteroatoms. The lowest BCUT2D eigenvalue weighted by Crippen LogP contribution is -2.34. The van der Waals surface area contributed by atoms with Crippen molar-refractivity contribution in [2.75, 3.05) is 13.2 Å². The van der Waals surface area contributed by atoms with Crippen LogP contribution in [0, 0.1) is 10.1 Å². The Balaban J connectivity index is 1.97. The third-order valence-electron chi connectivity index (χ3n) is 3.31. The lowest BCUT2D eigenvalue weighted by atomic mass is 10.2. The van der Waals surface area contributed by atoms with Crippen LogP contribution in [-0.2, 0) is 9.53 Å². The molecular formula is C18H16N2O7. The van der Waals surface area contributed by atoms with Gasteiger partial charge in [0.15, 0.2) is 12.4 Å². The number of nitro groups is 1. The highest BCUT2D eigenvalue weighted by molar-refractivity contribution is 6.05. The lowest BCUT2D eigenvalue weighted by Gasteiger charge is -2.07. The fourth-order valence-electron chi connectivity index (χ4n) is 2.10. The number of rotatable bonds is 7. The number of ether oxygens (including phenoxy) is 2. The predicted octanol–water partition coefficient (Wildman–Crippen LogP) is 2.11. The van der Waals surface area contributed by atoms with Crippen LogP contribution in [0.5, 0.6) is 5.75 Å². The minimum atomic E-state index is -0.941. The molecule has 0 bridgehead atoms. The Kier molecular flexibility index (Phi) is 6.59. The minimum Gasteiger partial charge on any atom is -0.487 e. The normalized spacial score (nSPS) is 9.96. The number of hydrogen-bond donors (Lipinski definition) is 1. The van der Waals surface area contributed by atoms with Crippen molar-refractivity contribution < 1.29 is 28.8 Å². The van der Waals surface area contributed by atoms with E-state index in [2.05, 4.69) is 5.32 Å².